The van der Waals surface area contributed by atoms with Crippen molar-refractivity contribution in [3.05, 3.63) is 25.3 Å². The summed E-state index contributed by atoms with van der Waals surface area (Å²) in [6.07, 6.45) is 3.26. The zero-order valence-electron chi connectivity index (χ0n) is 23.7. The summed E-state index contributed by atoms with van der Waals surface area (Å²) in [7, 11) is -4.20. The van der Waals surface area contributed by atoms with Gasteiger partial charge in [0.1, 0.15) is 30.2 Å². The van der Waals surface area contributed by atoms with Gasteiger partial charge in [0.05, 0.1) is 19.5 Å². The van der Waals surface area contributed by atoms with Gasteiger partial charge < -0.3 is 24.1 Å². The highest BCUT2D eigenvalue weighted by Crippen LogP contribution is 2.44. The predicted molar refractivity (Wildman–Crippen MR) is 149 cm³/mol. The molecule has 202 valence electrons. The molecule has 0 amide bonds. The van der Waals surface area contributed by atoms with E-state index in [4.69, 9.17) is 24.1 Å². The van der Waals surface area contributed by atoms with Gasteiger partial charge in [0, 0.05) is 0 Å². The Balaban J connectivity index is 2.03. The highest BCUT2D eigenvalue weighted by molar-refractivity contribution is 6.74. The molecule has 11 heteroatoms. The molecule has 0 aromatic carbocycles. The number of hydrogen-bond acceptors (Lipinski definition) is 8. The van der Waals surface area contributed by atoms with Crippen LogP contribution in [0.5, 0.6) is 0 Å². The van der Waals surface area contributed by atoms with Gasteiger partial charge in [0.2, 0.25) is 0 Å². The monoisotopic (exact) mass is 535 g/mol. The molecule has 0 unspecified atom stereocenters. The normalized spacial score (nSPS) is 23.9. The zero-order chi connectivity index (χ0) is 27.1. The fourth-order valence-electron chi connectivity index (χ4n) is 3.65. The summed E-state index contributed by atoms with van der Waals surface area (Å²) in [6, 6.07) is 0. The van der Waals surface area contributed by atoms with Crippen LogP contribution in [0.4, 0.5) is 5.82 Å². The van der Waals surface area contributed by atoms with Crippen molar-refractivity contribution in [3.63, 3.8) is 0 Å². The summed E-state index contributed by atoms with van der Waals surface area (Å²) in [4.78, 5) is 13.0. The molecule has 1 aliphatic rings. The molecular weight excluding hydrogens is 490 g/mol. The molecule has 36 heavy (non-hydrogen) atoms. The van der Waals surface area contributed by atoms with Crippen LogP contribution in [0.15, 0.2) is 25.3 Å². The summed E-state index contributed by atoms with van der Waals surface area (Å²) in [5.41, 5.74) is 7.19. The molecule has 2 aromatic rings. The van der Waals surface area contributed by atoms with Crippen molar-refractivity contribution in [2.24, 2.45) is 0 Å². The lowest BCUT2D eigenvalue weighted by atomic mass is 10.1. The van der Waals surface area contributed by atoms with Gasteiger partial charge in [0.25, 0.3) is 0 Å². The minimum Gasteiger partial charge on any atom is -0.414 e. The highest BCUT2D eigenvalue weighted by atomic mass is 28.4. The maximum absolute atomic E-state index is 7.00. The Hall–Kier alpha value is -1.64. The van der Waals surface area contributed by atoms with Gasteiger partial charge in [-0.3, -0.25) is 4.57 Å². The van der Waals surface area contributed by atoms with Crippen LogP contribution in [0.1, 0.15) is 47.8 Å². The van der Waals surface area contributed by atoms with Gasteiger partial charge in [-0.2, -0.15) is 0 Å². The van der Waals surface area contributed by atoms with Gasteiger partial charge in [-0.05, 0) is 36.3 Å². The second-order valence-corrected chi connectivity index (χ2v) is 22.2. The first-order chi connectivity index (χ1) is 16.5. The van der Waals surface area contributed by atoms with Gasteiger partial charge >= 0.3 is 0 Å². The molecule has 2 aromatic heterocycles. The van der Waals surface area contributed by atoms with Crippen LogP contribution in [-0.2, 0) is 18.3 Å². The molecule has 0 bridgehead atoms. The Bertz CT molecular complexity index is 1060. The van der Waals surface area contributed by atoms with E-state index in [9.17, 15) is 0 Å². The molecule has 3 rings (SSSR count). The third-order valence-electron chi connectivity index (χ3n) is 8.00. The summed E-state index contributed by atoms with van der Waals surface area (Å²) in [5.74, 6) is 0.326. The first-order valence-corrected chi connectivity index (χ1v) is 18.4. The van der Waals surface area contributed by atoms with E-state index in [0.717, 1.165) is 0 Å². The van der Waals surface area contributed by atoms with E-state index in [1.165, 1.54) is 6.33 Å². The average Bonchev–Trinajstić information content (AvgIpc) is 3.31. The molecule has 0 aliphatic carbocycles. The molecular formula is C25H45N5O4Si2. The van der Waals surface area contributed by atoms with Gasteiger partial charge in [-0.15, -0.1) is 6.58 Å². The van der Waals surface area contributed by atoms with Crippen LogP contribution in [0.3, 0.4) is 0 Å². The fourth-order valence-corrected chi connectivity index (χ4v) is 5.98. The number of ether oxygens (including phenoxy) is 2. The number of nitrogens with zero attached hydrogens (tertiary/aromatic N) is 4. The van der Waals surface area contributed by atoms with E-state index in [1.54, 1.807) is 12.4 Å². The lowest BCUT2D eigenvalue weighted by Gasteiger charge is -2.41. The Morgan fingerprint density at radius 3 is 2.25 bits per heavy atom. The summed E-state index contributed by atoms with van der Waals surface area (Å²) >= 11 is 0. The van der Waals surface area contributed by atoms with Crippen molar-refractivity contribution >= 4 is 33.6 Å². The standard InChI is InChI=1S/C25H45N5O4Si2/c1-12-13-31-20-19(34-36(10,11)25(5,6)7)17(14-32-35(8,9)24(2,3)4)33-23(20)30-16-29-18-21(26)27-15-28-22(18)30/h12,15-17,19-20,23H,1,13-14H2,2-11H3,(H2,26,27,28)/t17-,19-,20+,23-/m1/s1. The molecule has 9 nitrogen and oxygen atoms in total. The van der Waals surface area contributed by atoms with E-state index in [-0.39, 0.29) is 22.3 Å². The second-order valence-electron chi connectivity index (χ2n) is 12.6. The van der Waals surface area contributed by atoms with E-state index >= 15 is 0 Å². The smallest absolute Gasteiger partial charge is 0.192 e. The SMILES string of the molecule is C=CCO[C@H]1[C@H](O[Si](C)(C)C(C)(C)C)[C@@H](CO[Si](C)(C)C(C)(C)C)O[C@H]1n1cnc2c(N)ncnc21. The number of anilines is 1. The van der Waals surface area contributed by atoms with Crippen LogP contribution < -0.4 is 5.73 Å². The van der Waals surface area contributed by atoms with Crippen LogP contribution in [0.25, 0.3) is 11.2 Å². The van der Waals surface area contributed by atoms with Crippen molar-refractivity contribution in [2.75, 3.05) is 18.9 Å². The topological polar surface area (TPSA) is 107 Å². The Labute approximate surface area is 218 Å². The minimum absolute atomic E-state index is 0.0162. The third-order valence-corrected chi connectivity index (χ3v) is 17.0. The van der Waals surface area contributed by atoms with Crippen molar-refractivity contribution in [1.29, 1.82) is 0 Å². The van der Waals surface area contributed by atoms with Crippen molar-refractivity contribution in [1.82, 2.24) is 19.5 Å². The molecule has 0 spiro atoms. The first kappa shape index (κ1) is 28.9. The number of aromatic nitrogens is 4. The molecule has 1 saturated heterocycles. The predicted octanol–water partition coefficient (Wildman–Crippen LogP) is 5.29. The highest BCUT2D eigenvalue weighted by Gasteiger charge is 2.52. The van der Waals surface area contributed by atoms with Gasteiger partial charge in [-0.1, -0.05) is 47.6 Å². The van der Waals surface area contributed by atoms with Gasteiger partial charge in [0.15, 0.2) is 34.3 Å². The van der Waals surface area contributed by atoms with E-state index in [1.807, 2.05) is 4.57 Å². The molecule has 0 saturated carbocycles. The Kier molecular flexibility index (Phi) is 8.24. The largest absolute Gasteiger partial charge is 0.414 e. The van der Waals surface area contributed by atoms with Crippen LogP contribution >= 0.6 is 0 Å². The summed E-state index contributed by atoms with van der Waals surface area (Å²) < 4.78 is 28.6. The number of rotatable bonds is 9. The number of imidazole rings is 1. The lowest BCUT2D eigenvalue weighted by molar-refractivity contribution is -0.0635. The first-order valence-electron chi connectivity index (χ1n) is 12.6. The van der Waals surface area contributed by atoms with Crippen LogP contribution in [0, 0.1) is 0 Å². The fraction of sp³-hybridized carbons (Fsp3) is 0.720. The number of nitrogens with two attached hydrogens (primary N) is 1. The maximum atomic E-state index is 7.00. The van der Waals surface area contributed by atoms with Crippen LogP contribution in [0.2, 0.25) is 36.3 Å². The quantitative estimate of drug-likeness (QED) is 0.341. The number of nitrogen functional groups attached to an aromatic ring is 1. The van der Waals surface area contributed by atoms with Gasteiger partial charge in [-0.25, -0.2) is 15.0 Å². The van der Waals surface area contributed by atoms with Crippen molar-refractivity contribution in [3.8, 4) is 0 Å². The molecule has 4 atom stereocenters. The van der Waals surface area contributed by atoms with Crippen molar-refractivity contribution < 1.29 is 18.3 Å². The van der Waals surface area contributed by atoms with Crippen molar-refractivity contribution in [2.45, 2.75) is 102 Å². The number of fused-ring (bicyclic) bond motifs is 1. The Morgan fingerprint density at radius 1 is 1.03 bits per heavy atom. The molecule has 1 aliphatic heterocycles. The van der Waals surface area contributed by atoms with E-state index in [0.29, 0.717) is 30.2 Å². The second kappa shape index (κ2) is 10.3. The molecule has 0 radical (unpaired) electrons. The Morgan fingerprint density at radius 2 is 1.67 bits per heavy atom. The van der Waals surface area contributed by atoms with E-state index < -0.39 is 29.0 Å². The lowest BCUT2D eigenvalue weighted by Crippen LogP contribution is -2.51. The zero-order valence-corrected chi connectivity index (χ0v) is 25.7. The minimum atomic E-state index is -2.18. The average molecular weight is 536 g/mol. The van der Waals surface area contributed by atoms with Crippen LogP contribution in [-0.4, -0.2) is 67.7 Å². The molecule has 3 heterocycles. The molecule has 1 fully saturated rings. The summed E-state index contributed by atoms with van der Waals surface area (Å²) in [6.45, 7) is 27.0. The third kappa shape index (κ3) is 5.76. The maximum Gasteiger partial charge on any atom is 0.192 e. The summed E-state index contributed by atoms with van der Waals surface area (Å²) in [5, 5.41) is 0.0941. The number of hydrogen-bond donors (Lipinski definition) is 1. The van der Waals surface area contributed by atoms with E-state index in [2.05, 4.69) is 89.3 Å². The molecule has 2 N–H and O–H groups in total.